The van der Waals surface area contributed by atoms with Crippen molar-refractivity contribution in [1.82, 2.24) is 0 Å². The first kappa shape index (κ1) is 418. The van der Waals surface area contributed by atoms with Gasteiger partial charge in [-0.25, -0.2) is 0 Å². The zero-order valence-corrected chi connectivity index (χ0v) is 25.3. The summed E-state index contributed by atoms with van der Waals surface area (Å²) in [5.41, 5.74) is 0. The Hall–Kier alpha value is 5.79. The van der Waals surface area contributed by atoms with Gasteiger partial charge in [0.05, 0.1) is 0 Å². The molecule has 4 radical (unpaired) electrons. The van der Waals surface area contributed by atoms with Crippen LogP contribution in [-0.4, -0.2) is 54.6 Å². The third-order valence-corrected chi connectivity index (χ3v) is 0. The van der Waals surface area contributed by atoms with Crippen LogP contribution < -0.4 is 37.7 Å². The fourth-order valence-electron chi connectivity index (χ4n) is 0. The third kappa shape index (κ3) is 337. The van der Waals surface area contributed by atoms with Gasteiger partial charge in [-0.2, -0.15) is 0 Å². The van der Waals surface area contributed by atoms with E-state index in [4.69, 9.17) is 0 Å². The second kappa shape index (κ2) is 368. The topological polar surface area (TPSA) is 314 Å². The van der Waals surface area contributed by atoms with Crippen molar-refractivity contribution in [3.05, 3.63) is 0 Å². The van der Waals surface area contributed by atoms with Crippen LogP contribution in [0.3, 0.4) is 0 Å². The second-order valence-electron chi connectivity index (χ2n) is 0. The summed E-state index contributed by atoms with van der Waals surface area (Å²) < 4.78 is 0. The molecule has 0 fully saturated rings. The Balaban J connectivity index is 0. The van der Waals surface area contributed by atoms with Crippen LogP contribution in [0, 0.1) is 0 Å². The average Bonchev–Trinajstić information content (AvgIpc) is 0. The molecule has 0 N–H and O–H groups in total. The Bertz CT molecular complexity index is 34.7. The van der Waals surface area contributed by atoms with Gasteiger partial charge in [0.1, 0.15) is 0 Å². The SMILES string of the molecule is [Li+].[Li+].[O-2].[O-2].[O-2].[O-2].[O-2].[O-2].[O-2].[O-2].[O-2].[O-2].[O-2].[Pb+2].[Pb+2].[Ti+4].[Ti+4].[Zr+4].[Zr+4]. The molecule has 0 atom stereocenters. The summed E-state index contributed by atoms with van der Waals surface area (Å²) >= 11 is 0. The molecular formula is Li2O11Pb2Ti2Zr2. The maximum absolute atomic E-state index is 0. The molecule has 0 unspecified atom stereocenters. The van der Waals surface area contributed by atoms with Crippen LogP contribution in [0.2, 0.25) is 0 Å². The maximum Gasteiger partial charge on any atom is 4.00 e. The summed E-state index contributed by atoms with van der Waals surface area (Å²) in [5.74, 6) is 0. The Morgan fingerprint density at radius 1 is 0.263 bits per heavy atom. The van der Waals surface area contributed by atoms with Gasteiger partial charge in [-0.05, 0) is 0 Å². The van der Waals surface area contributed by atoms with E-state index in [-0.39, 0.29) is 248 Å². The molecule has 0 spiro atoms. The number of rotatable bonds is 0. The molecule has 92 valence electrons. The van der Waals surface area contributed by atoms with E-state index in [1.807, 2.05) is 0 Å². The molecule has 19 heavy (non-hydrogen) atoms. The van der Waals surface area contributed by atoms with Crippen LogP contribution in [0.4, 0.5) is 0 Å². The first-order valence-corrected chi connectivity index (χ1v) is 0. The Morgan fingerprint density at radius 3 is 0.263 bits per heavy atom. The number of hydrogen-bond donors (Lipinski definition) is 0. The number of hydrogen-bond acceptors (Lipinski definition) is 0. The minimum atomic E-state index is 0. The van der Waals surface area contributed by atoms with E-state index in [1.165, 1.54) is 0 Å². The fraction of sp³-hybridized carbons (Fsp3) is 0. The van der Waals surface area contributed by atoms with Gasteiger partial charge in [-0.3, -0.25) is 0 Å². The molecule has 0 aliphatic heterocycles. The average molecular weight is 882 g/mol. The van der Waals surface area contributed by atoms with E-state index in [2.05, 4.69) is 0 Å². The van der Waals surface area contributed by atoms with Crippen molar-refractivity contribution in [3.8, 4) is 0 Å². The van der Waals surface area contributed by atoms with Gasteiger partial charge in [0, 0.05) is 0 Å². The van der Waals surface area contributed by atoms with Gasteiger partial charge < -0.3 is 60.2 Å². The van der Waals surface area contributed by atoms with Gasteiger partial charge >= 0.3 is 188 Å². The van der Waals surface area contributed by atoms with Crippen molar-refractivity contribution >= 4 is 54.6 Å². The molecule has 19 heteroatoms. The fourth-order valence-corrected chi connectivity index (χ4v) is 0. The van der Waals surface area contributed by atoms with Gasteiger partial charge in [0.15, 0.2) is 0 Å². The summed E-state index contributed by atoms with van der Waals surface area (Å²) in [6.45, 7) is 0. The minimum absolute atomic E-state index is 0. The summed E-state index contributed by atoms with van der Waals surface area (Å²) in [5, 5.41) is 0. The summed E-state index contributed by atoms with van der Waals surface area (Å²) in [7, 11) is 0. The van der Waals surface area contributed by atoms with Crippen molar-refractivity contribution in [1.29, 1.82) is 0 Å². The molecule has 0 aromatic carbocycles. The van der Waals surface area contributed by atoms with Crippen molar-refractivity contribution in [2.75, 3.05) is 0 Å². The molecule has 0 rings (SSSR count). The Morgan fingerprint density at radius 2 is 0.263 bits per heavy atom. The third-order valence-electron chi connectivity index (χ3n) is 0. The monoisotopic (exact) mass is 882 g/mol. The summed E-state index contributed by atoms with van der Waals surface area (Å²) in [6, 6.07) is 0. The van der Waals surface area contributed by atoms with Crippen LogP contribution in [0.1, 0.15) is 0 Å². The van der Waals surface area contributed by atoms with Crippen LogP contribution in [0.5, 0.6) is 0 Å². The quantitative estimate of drug-likeness (QED) is 0.205. The molecule has 0 amide bonds. The molecule has 0 bridgehead atoms. The molecule has 0 aliphatic carbocycles. The predicted octanol–water partition coefficient (Wildman–Crippen LogP) is -8.07. The van der Waals surface area contributed by atoms with E-state index < -0.39 is 0 Å². The smallest absolute Gasteiger partial charge is 2.00 e. The van der Waals surface area contributed by atoms with Crippen LogP contribution in [0.15, 0.2) is 0 Å². The first-order chi connectivity index (χ1) is 0. The standard InChI is InChI=1S/2Li.11O.2Pb.2Ti.2Zr/q2*+1;11*-2;2*+2;4*+4. The van der Waals surface area contributed by atoms with Crippen LogP contribution >= 0.6 is 0 Å². The molecule has 0 aromatic rings. The van der Waals surface area contributed by atoms with Crippen LogP contribution in [-0.2, 0) is 156 Å². The molecule has 0 aliphatic rings. The van der Waals surface area contributed by atoms with E-state index >= 15 is 0 Å². The Labute approximate surface area is 243 Å². The van der Waals surface area contributed by atoms with E-state index in [0.717, 1.165) is 0 Å². The van der Waals surface area contributed by atoms with Crippen molar-refractivity contribution in [2.24, 2.45) is 0 Å². The molecule has 0 heterocycles. The normalized spacial score (nSPS) is 0. The Kier molecular flexibility index (Phi) is 8110. The molecule has 0 aromatic heterocycles. The summed E-state index contributed by atoms with van der Waals surface area (Å²) in [6.07, 6.45) is 0. The van der Waals surface area contributed by atoms with E-state index in [9.17, 15) is 0 Å². The van der Waals surface area contributed by atoms with Gasteiger partial charge in [-0.1, -0.05) is 0 Å². The first-order valence-electron chi connectivity index (χ1n) is 0. The van der Waals surface area contributed by atoms with Crippen molar-refractivity contribution < 1.29 is 194 Å². The molecule has 0 saturated heterocycles. The van der Waals surface area contributed by atoms with Gasteiger partial charge in [0.25, 0.3) is 0 Å². The van der Waals surface area contributed by atoms with E-state index in [0.29, 0.717) is 0 Å². The van der Waals surface area contributed by atoms with E-state index in [1.54, 1.807) is 0 Å². The van der Waals surface area contributed by atoms with Crippen LogP contribution in [0.25, 0.3) is 0 Å². The molecule has 11 nitrogen and oxygen atoms in total. The maximum atomic E-state index is 0. The largest absolute Gasteiger partial charge is 4.00 e. The molecular weight excluding hydrogens is 882 g/mol. The van der Waals surface area contributed by atoms with Gasteiger partial charge in [0.2, 0.25) is 0 Å². The van der Waals surface area contributed by atoms with Gasteiger partial charge in [-0.15, -0.1) is 0 Å². The zero-order valence-electron chi connectivity index (χ0n) is 9.49. The molecule has 0 saturated carbocycles. The van der Waals surface area contributed by atoms with Crippen molar-refractivity contribution in [3.63, 3.8) is 0 Å². The minimum Gasteiger partial charge on any atom is -2.00 e. The second-order valence-corrected chi connectivity index (χ2v) is 0. The van der Waals surface area contributed by atoms with Crippen molar-refractivity contribution in [2.45, 2.75) is 0 Å². The zero-order chi connectivity index (χ0) is 0. The summed E-state index contributed by atoms with van der Waals surface area (Å²) in [4.78, 5) is 0. The predicted molar refractivity (Wildman–Crippen MR) is 19.1 cm³/mol.